The normalized spacial score (nSPS) is 11.8. The lowest BCUT2D eigenvalue weighted by atomic mass is 9.95. The number of nitrogens with one attached hydrogen (secondary N) is 1. The number of ether oxygens (including phenoxy) is 1. The number of phenolic OH excluding ortho intramolecular Hbond substituents is 1. The summed E-state index contributed by atoms with van der Waals surface area (Å²) in [6.07, 6.45) is 1.67. The quantitative estimate of drug-likeness (QED) is 0.430. The highest BCUT2D eigenvalue weighted by Crippen LogP contribution is 2.36. The molecule has 0 saturated carbocycles. The fraction of sp³-hybridized carbons (Fsp3) is 0.120. The van der Waals surface area contributed by atoms with Crippen LogP contribution in [0.25, 0.3) is 10.9 Å². The lowest BCUT2D eigenvalue weighted by Crippen LogP contribution is -2.13. The number of anilines is 1. The lowest BCUT2D eigenvalue weighted by molar-refractivity contribution is 0.0526. The van der Waals surface area contributed by atoms with Gasteiger partial charge in [-0.05, 0) is 42.8 Å². The van der Waals surface area contributed by atoms with Crippen molar-refractivity contribution < 1.29 is 14.6 Å². The Labute approximate surface area is 175 Å². The fourth-order valence-electron chi connectivity index (χ4n) is 3.45. The first-order chi connectivity index (χ1) is 14.7. The number of para-hydroxylation sites is 1. The molecule has 0 saturated heterocycles. The van der Waals surface area contributed by atoms with E-state index in [1.165, 1.54) is 0 Å². The molecule has 3 aromatic carbocycles. The number of nitrogens with zero attached hydrogens (tertiary/aromatic N) is 1. The number of carbonyl (C=O) groups is 1. The summed E-state index contributed by atoms with van der Waals surface area (Å²) in [5.41, 5.74) is 3.56. The molecule has 4 rings (SSSR count). The zero-order valence-electron chi connectivity index (χ0n) is 16.6. The van der Waals surface area contributed by atoms with Gasteiger partial charge in [-0.1, -0.05) is 48.5 Å². The Hall–Kier alpha value is -3.86. The fourth-order valence-corrected chi connectivity index (χ4v) is 3.45. The first-order valence-electron chi connectivity index (χ1n) is 9.82. The van der Waals surface area contributed by atoms with Crippen LogP contribution in [0, 0.1) is 0 Å². The maximum Gasteiger partial charge on any atom is 0.338 e. The molecule has 30 heavy (non-hydrogen) atoms. The Balaban J connectivity index is 1.77. The molecule has 150 valence electrons. The number of benzene rings is 3. The van der Waals surface area contributed by atoms with Gasteiger partial charge in [0.2, 0.25) is 0 Å². The van der Waals surface area contributed by atoms with Crippen molar-refractivity contribution in [3.63, 3.8) is 0 Å². The summed E-state index contributed by atoms with van der Waals surface area (Å²) in [4.78, 5) is 16.3. The van der Waals surface area contributed by atoms with Crippen molar-refractivity contribution in [2.45, 2.75) is 13.0 Å². The van der Waals surface area contributed by atoms with E-state index in [4.69, 9.17) is 4.74 Å². The molecule has 1 atom stereocenters. The number of phenols is 1. The topological polar surface area (TPSA) is 71.5 Å². The molecule has 0 aliphatic rings. The van der Waals surface area contributed by atoms with E-state index in [9.17, 15) is 9.90 Å². The van der Waals surface area contributed by atoms with Crippen LogP contribution < -0.4 is 5.32 Å². The number of carbonyl (C=O) groups excluding carboxylic acids is 1. The molecule has 5 heteroatoms. The number of pyridine rings is 1. The molecular formula is C25H22N2O3. The number of rotatable bonds is 6. The SMILES string of the molecule is CCOC(=O)c1ccc(C(Nc2ccccc2)c2ccc3cccnc3c2O)cc1. The number of fused-ring (bicyclic) bond motifs is 1. The molecule has 1 aromatic heterocycles. The molecule has 1 heterocycles. The third-order valence-corrected chi connectivity index (χ3v) is 4.93. The minimum absolute atomic E-state index is 0.135. The van der Waals surface area contributed by atoms with Crippen molar-refractivity contribution in [1.29, 1.82) is 0 Å². The molecule has 4 aromatic rings. The maximum atomic E-state index is 12.0. The zero-order chi connectivity index (χ0) is 20.9. The van der Waals surface area contributed by atoms with Crippen LogP contribution in [-0.4, -0.2) is 22.7 Å². The maximum absolute atomic E-state index is 12.0. The second kappa shape index (κ2) is 8.66. The largest absolute Gasteiger partial charge is 0.505 e. The molecule has 0 amide bonds. The molecule has 0 fully saturated rings. The van der Waals surface area contributed by atoms with E-state index in [0.29, 0.717) is 23.3 Å². The second-order valence-electron chi connectivity index (χ2n) is 6.86. The van der Waals surface area contributed by atoms with Gasteiger partial charge >= 0.3 is 5.97 Å². The van der Waals surface area contributed by atoms with E-state index >= 15 is 0 Å². The Morgan fingerprint density at radius 3 is 2.50 bits per heavy atom. The van der Waals surface area contributed by atoms with Crippen LogP contribution in [0.3, 0.4) is 0 Å². The van der Waals surface area contributed by atoms with E-state index < -0.39 is 0 Å². The number of aromatic nitrogens is 1. The third-order valence-electron chi connectivity index (χ3n) is 4.93. The summed E-state index contributed by atoms with van der Waals surface area (Å²) >= 11 is 0. The molecule has 0 bridgehead atoms. The van der Waals surface area contributed by atoms with E-state index in [1.54, 1.807) is 25.3 Å². The molecule has 0 spiro atoms. The van der Waals surface area contributed by atoms with Gasteiger partial charge in [-0.3, -0.25) is 4.98 Å². The van der Waals surface area contributed by atoms with Crippen molar-refractivity contribution in [3.8, 4) is 5.75 Å². The minimum Gasteiger partial charge on any atom is -0.505 e. The van der Waals surface area contributed by atoms with Crippen LogP contribution in [0.2, 0.25) is 0 Å². The van der Waals surface area contributed by atoms with Crippen LogP contribution in [-0.2, 0) is 4.74 Å². The molecule has 0 aliphatic heterocycles. The third kappa shape index (κ3) is 3.96. The van der Waals surface area contributed by atoms with E-state index in [0.717, 1.165) is 16.6 Å². The number of aromatic hydroxyl groups is 1. The first-order valence-corrected chi connectivity index (χ1v) is 9.82. The predicted molar refractivity (Wildman–Crippen MR) is 118 cm³/mol. The van der Waals surface area contributed by atoms with Crippen molar-refractivity contribution in [3.05, 3.63) is 102 Å². The molecule has 0 radical (unpaired) electrons. The predicted octanol–water partition coefficient (Wildman–Crippen LogP) is 5.32. The Morgan fingerprint density at radius 1 is 1.00 bits per heavy atom. The van der Waals surface area contributed by atoms with Crippen molar-refractivity contribution >= 4 is 22.6 Å². The average Bonchev–Trinajstić information content (AvgIpc) is 2.79. The van der Waals surface area contributed by atoms with Gasteiger partial charge in [0.05, 0.1) is 18.2 Å². The second-order valence-corrected chi connectivity index (χ2v) is 6.86. The molecule has 2 N–H and O–H groups in total. The molecule has 5 nitrogen and oxygen atoms in total. The smallest absolute Gasteiger partial charge is 0.338 e. The van der Waals surface area contributed by atoms with E-state index in [2.05, 4.69) is 10.3 Å². The minimum atomic E-state index is -0.352. The molecule has 0 aliphatic carbocycles. The summed E-state index contributed by atoms with van der Waals surface area (Å²) < 4.78 is 5.07. The van der Waals surface area contributed by atoms with Crippen LogP contribution >= 0.6 is 0 Å². The van der Waals surface area contributed by atoms with Gasteiger partial charge in [-0.15, -0.1) is 0 Å². The van der Waals surface area contributed by atoms with Crippen LogP contribution in [0.4, 0.5) is 5.69 Å². The van der Waals surface area contributed by atoms with Crippen molar-refractivity contribution in [2.24, 2.45) is 0 Å². The highest BCUT2D eigenvalue weighted by Gasteiger charge is 2.20. The summed E-state index contributed by atoms with van der Waals surface area (Å²) in [6, 6.07) is 24.3. The standard InChI is InChI=1S/C25H22N2O3/c1-2-30-25(29)19-12-10-18(11-13-19)22(27-20-8-4-3-5-9-20)21-15-14-17-7-6-16-26-23(17)24(21)28/h3-16,22,27-28H,2H2,1H3. The van der Waals surface area contributed by atoms with Crippen LogP contribution in [0.5, 0.6) is 5.75 Å². The van der Waals surface area contributed by atoms with Gasteiger partial charge < -0.3 is 15.2 Å². The monoisotopic (exact) mass is 398 g/mol. The highest BCUT2D eigenvalue weighted by molar-refractivity contribution is 5.89. The average molecular weight is 398 g/mol. The van der Waals surface area contributed by atoms with Gasteiger partial charge in [0, 0.05) is 22.8 Å². The summed E-state index contributed by atoms with van der Waals surface area (Å²) in [5.74, 6) is -0.217. The van der Waals surface area contributed by atoms with Gasteiger partial charge in [0.15, 0.2) is 0 Å². The number of hydrogen-bond acceptors (Lipinski definition) is 5. The van der Waals surface area contributed by atoms with Crippen molar-refractivity contribution in [2.75, 3.05) is 11.9 Å². The Bertz CT molecular complexity index is 1160. The van der Waals surface area contributed by atoms with Crippen LogP contribution in [0.1, 0.15) is 34.5 Å². The molecular weight excluding hydrogens is 376 g/mol. The summed E-state index contributed by atoms with van der Waals surface area (Å²) in [6.45, 7) is 2.11. The Kier molecular flexibility index (Phi) is 5.61. The van der Waals surface area contributed by atoms with Gasteiger partial charge in [-0.2, -0.15) is 0 Å². The highest BCUT2D eigenvalue weighted by atomic mass is 16.5. The van der Waals surface area contributed by atoms with Gasteiger partial charge in [0.1, 0.15) is 11.3 Å². The number of esters is 1. The lowest BCUT2D eigenvalue weighted by Gasteiger charge is -2.23. The van der Waals surface area contributed by atoms with Gasteiger partial charge in [0.25, 0.3) is 0 Å². The Morgan fingerprint density at radius 2 is 1.77 bits per heavy atom. The summed E-state index contributed by atoms with van der Waals surface area (Å²) in [5, 5.41) is 15.4. The van der Waals surface area contributed by atoms with E-state index in [1.807, 2.05) is 66.7 Å². The molecule has 1 unspecified atom stereocenters. The van der Waals surface area contributed by atoms with Crippen molar-refractivity contribution in [1.82, 2.24) is 4.98 Å². The first kappa shape index (κ1) is 19.5. The van der Waals surface area contributed by atoms with Gasteiger partial charge in [-0.25, -0.2) is 4.79 Å². The zero-order valence-corrected chi connectivity index (χ0v) is 16.6. The van der Waals surface area contributed by atoms with E-state index in [-0.39, 0.29) is 17.8 Å². The summed E-state index contributed by atoms with van der Waals surface area (Å²) in [7, 11) is 0. The number of hydrogen-bond donors (Lipinski definition) is 2. The van der Waals surface area contributed by atoms with Crippen LogP contribution in [0.15, 0.2) is 85.1 Å².